The van der Waals surface area contributed by atoms with Crippen LogP contribution in [0.15, 0.2) is 30.3 Å². The molecule has 0 aliphatic carbocycles. The minimum Gasteiger partial charge on any atom is -0.368 e. The summed E-state index contributed by atoms with van der Waals surface area (Å²) in [6.07, 6.45) is 0. The van der Waals surface area contributed by atoms with Gasteiger partial charge in [-0.25, -0.2) is 9.97 Å². The summed E-state index contributed by atoms with van der Waals surface area (Å²) in [5.41, 5.74) is 1.57. The third-order valence-electron chi connectivity index (χ3n) is 2.97. The molecule has 0 aliphatic heterocycles. The zero-order chi connectivity index (χ0) is 17.7. The fourth-order valence-electron chi connectivity index (χ4n) is 2.09. The van der Waals surface area contributed by atoms with E-state index in [4.69, 9.17) is 0 Å². The number of anilines is 3. The lowest BCUT2D eigenvalue weighted by Gasteiger charge is -2.11. The monoisotopic (exact) mass is 327 g/mol. The lowest BCUT2D eigenvalue weighted by molar-refractivity contribution is -0.114. The third kappa shape index (κ3) is 5.05. The first kappa shape index (κ1) is 17.4. The molecule has 3 N–H and O–H groups in total. The van der Waals surface area contributed by atoms with Crippen LogP contribution < -0.4 is 16.0 Å². The average molecular weight is 327 g/mol. The number of carbonyl (C=O) groups is 2. The summed E-state index contributed by atoms with van der Waals surface area (Å²) in [6, 6.07) is 8.68. The normalized spacial score (nSPS) is 10.4. The summed E-state index contributed by atoms with van der Waals surface area (Å²) in [5.74, 6) is 0.670. The molecule has 0 bridgehead atoms. The van der Waals surface area contributed by atoms with Gasteiger partial charge in [0.1, 0.15) is 17.3 Å². The average Bonchev–Trinajstić information content (AvgIpc) is 2.47. The molecule has 0 unspecified atom stereocenters. The van der Waals surface area contributed by atoms with Crippen LogP contribution in [0.1, 0.15) is 37.1 Å². The fourth-order valence-corrected chi connectivity index (χ4v) is 2.09. The van der Waals surface area contributed by atoms with Gasteiger partial charge in [0.25, 0.3) is 5.91 Å². The maximum Gasteiger partial charge on any atom is 0.274 e. The van der Waals surface area contributed by atoms with Gasteiger partial charge >= 0.3 is 0 Å². The lowest BCUT2D eigenvalue weighted by Crippen LogP contribution is -2.17. The van der Waals surface area contributed by atoms with Crippen LogP contribution in [0.2, 0.25) is 0 Å². The Morgan fingerprint density at radius 3 is 2.12 bits per heavy atom. The highest BCUT2D eigenvalue weighted by atomic mass is 16.2. The van der Waals surface area contributed by atoms with Gasteiger partial charge in [0.05, 0.1) is 0 Å². The predicted molar refractivity (Wildman–Crippen MR) is 94.2 cm³/mol. The highest BCUT2D eigenvalue weighted by Gasteiger charge is 2.11. The largest absolute Gasteiger partial charge is 0.368 e. The molecule has 0 aliphatic rings. The topological polar surface area (TPSA) is 96.0 Å². The Morgan fingerprint density at radius 2 is 1.58 bits per heavy atom. The number of aromatic nitrogens is 2. The fraction of sp³-hybridized carbons (Fsp3) is 0.294. The molecule has 0 saturated carbocycles. The molecule has 2 aromatic rings. The molecular formula is C17H21N5O2. The van der Waals surface area contributed by atoms with Crippen LogP contribution in [-0.2, 0) is 4.79 Å². The van der Waals surface area contributed by atoms with E-state index in [2.05, 4.69) is 25.9 Å². The lowest BCUT2D eigenvalue weighted by atomic mass is 10.2. The Morgan fingerprint density at radius 1 is 1.00 bits per heavy atom. The number of rotatable bonds is 5. The summed E-state index contributed by atoms with van der Waals surface area (Å²) < 4.78 is 0. The predicted octanol–water partition coefficient (Wildman–Crippen LogP) is 2.82. The molecule has 7 nitrogen and oxygen atoms in total. The molecule has 1 heterocycles. The van der Waals surface area contributed by atoms with Gasteiger partial charge in [0, 0.05) is 30.4 Å². The van der Waals surface area contributed by atoms with Crippen LogP contribution >= 0.6 is 0 Å². The SMILES string of the molecule is CC(=O)Nc1ccc(NC(=O)c2cc(NC(C)C)nc(C)n2)cc1. The van der Waals surface area contributed by atoms with Crippen molar-refractivity contribution in [1.82, 2.24) is 9.97 Å². The molecule has 1 aromatic heterocycles. The summed E-state index contributed by atoms with van der Waals surface area (Å²) in [5, 5.41) is 8.61. The Hall–Kier alpha value is -2.96. The minimum atomic E-state index is -0.320. The molecular weight excluding hydrogens is 306 g/mol. The number of aryl methyl sites for hydroxylation is 1. The summed E-state index contributed by atoms with van der Waals surface area (Å²) in [6.45, 7) is 7.17. The number of hydrogen-bond acceptors (Lipinski definition) is 5. The summed E-state index contributed by atoms with van der Waals surface area (Å²) in [7, 11) is 0. The number of amides is 2. The first-order valence-electron chi connectivity index (χ1n) is 7.64. The standard InChI is InChI=1S/C17H21N5O2/c1-10(2)18-16-9-15(19-11(3)20-16)17(24)22-14-7-5-13(6-8-14)21-12(4)23/h5-10H,1-4H3,(H,21,23)(H,22,24)(H,18,19,20). The van der Waals surface area contributed by atoms with Crippen molar-refractivity contribution in [2.75, 3.05) is 16.0 Å². The molecule has 0 atom stereocenters. The molecule has 1 aromatic carbocycles. The van der Waals surface area contributed by atoms with E-state index in [0.717, 1.165) is 0 Å². The van der Waals surface area contributed by atoms with E-state index in [1.807, 2.05) is 13.8 Å². The van der Waals surface area contributed by atoms with Crippen molar-refractivity contribution in [3.63, 3.8) is 0 Å². The zero-order valence-electron chi connectivity index (χ0n) is 14.2. The van der Waals surface area contributed by atoms with Gasteiger partial charge in [0.2, 0.25) is 5.91 Å². The molecule has 126 valence electrons. The van der Waals surface area contributed by atoms with Gasteiger partial charge in [-0.15, -0.1) is 0 Å². The quantitative estimate of drug-likeness (QED) is 0.785. The molecule has 0 fully saturated rings. The van der Waals surface area contributed by atoms with Gasteiger partial charge in [0.15, 0.2) is 0 Å². The van der Waals surface area contributed by atoms with Crippen LogP contribution in [-0.4, -0.2) is 27.8 Å². The van der Waals surface area contributed by atoms with Crippen molar-refractivity contribution in [3.8, 4) is 0 Å². The van der Waals surface area contributed by atoms with Crippen molar-refractivity contribution in [1.29, 1.82) is 0 Å². The Balaban J connectivity index is 2.11. The van der Waals surface area contributed by atoms with E-state index in [9.17, 15) is 9.59 Å². The molecule has 0 radical (unpaired) electrons. The smallest absolute Gasteiger partial charge is 0.274 e. The van der Waals surface area contributed by atoms with Crippen molar-refractivity contribution in [3.05, 3.63) is 41.9 Å². The third-order valence-corrected chi connectivity index (χ3v) is 2.97. The van der Waals surface area contributed by atoms with Gasteiger partial charge in [-0.2, -0.15) is 0 Å². The summed E-state index contributed by atoms with van der Waals surface area (Å²) >= 11 is 0. The first-order chi connectivity index (χ1) is 11.3. The van der Waals surface area contributed by atoms with Gasteiger partial charge in [-0.1, -0.05) is 0 Å². The molecule has 0 saturated heterocycles. The van der Waals surface area contributed by atoms with Gasteiger partial charge in [-0.3, -0.25) is 9.59 Å². The van der Waals surface area contributed by atoms with Crippen LogP contribution in [0.25, 0.3) is 0 Å². The second kappa shape index (κ2) is 7.54. The van der Waals surface area contributed by atoms with Crippen LogP contribution in [0.5, 0.6) is 0 Å². The Kier molecular flexibility index (Phi) is 5.47. The Bertz CT molecular complexity index is 741. The number of carbonyl (C=O) groups excluding carboxylic acids is 2. The molecule has 2 rings (SSSR count). The number of benzene rings is 1. The zero-order valence-corrected chi connectivity index (χ0v) is 14.2. The van der Waals surface area contributed by atoms with Gasteiger partial charge in [-0.05, 0) is 45.0 Å². The van der Waals surface area contributed by atoms with Crippen molar-refractivity contribution >= 4 is 29.0 Å². The maximum absolute atomic E-state index is 12.4. The molecule has 0 spiro atoms. The number of nitrogens with zero attached hydrogens (tertiary/aromatic N) is 2. The van der Waals surface area contributed by atoms with Crippen molar-refractivity contribution < 1.29 is 9.59 Å². The van der Waals surface area contributed by atoms with E-state index in [1.165, 1.54) is 6.92 Å². The van der Waals surface area contributed by atoms with E-state index in [0.29, 0.717) is 23.0 Å². The highest BCUT2D eigenvalue weighted by molar-refractivity contribution is 6.03. The minimum absolute atomic E-state index is 0.145. The summed E-state index contributed by atoms with van der Waals surface area (Å²) in [4.78, 5) is 31.8. The number of hydrogen-bond donors (Lipinski definition) is 3. The maximum atomic E-state index is 12.4. The second-order valence-electron chi connectivity index (χ2n) is 5.70. The Labute approximate surface area is 140 Å². The van der Waals surface area contributed by atoms with Gasteiger partial charge < -0.3 is 16.0 Å². The molecule has 7 heteroatoms. The first-order valence-corrected chi connectivity index (χ1v) is 7.64. The molecule has 2 amide bonds. The second-order valence-corrected chi connectivity index (χ2v) is 5.70. The van der Waals surface area contributed by atoms with Crippen molar-refractivity contribution in [2.45, 2.75) is 33.7 Å². The van der Waals surface area contributed by atoms with Crippen molar-refractivity contribution in [2.24, 2.45) is 0 Å². The highest BCUT2D eigenvalue weighted by Crippen LogP contribution is 2.15. The van der Waals surface area contributed by atoms with E-state index >= 15 is 0 Å². The van der Waals surface area contributed by atoms with Crippen LogP contribution in [0, 0.1) is 6.92 Å². The van der Waals surface area contributed by atoms with Crippen LogP contribution in [0.3, 0.4) is 0 Å². The van der Waals surface area contributed by atoms with E-state index < -0.39 is 0 Å². The van der Waals surface area contributed by atoms with E-state index in [-0.39, 0.29) is 23.6 Å². The molecule has 24 heavy (non-hydrogen) atoms. The van der Waals surface area contributed by atoms with Crippen LogP contribution in [0.4, 0.5) is 17.2 Å². The number of nitrogens with one attached hydrogen (secondary N) is 3. The van der Waals surface area contributed by atoms with E-state index in [1.54, 1.807) is 37.3 Å².